The van der Waals surface area contributed by atoms with Crippen LogP contribution in [0.5, 0.6) is 5.75 Å². The van der Waals surface area contributed by atoms with E-state index in [1.165, 1.54) is 31.0 Å². The molecule has 3 N–H and O–H groups in total. The zero-order valence-corrected chi connectivity index (χ0v) is 22.0. The van der Waals surface area contributed by atoms with Gasteiger partial charge in [-0.05, 0) is 49.4 Å². The van der Waals surface area contributed by atoms with E-state index in [0.717, 1.165) is 51.4 Å². The molecule has 1 aromatic rings. The van der Waals surface area contributed by atoms with Crippen LogP contribution in [-0.2, 0) is 9.53 Å². The molecule has 6 nitrogen and oxygen atoms in total. The summed E-state index contributed by atoms with van der Waals surface area (Å²) >= 11 is 1.52. The van der Waals surface area contributed by atoms with Crippen molar-refractivity contribution < 1.29 is 34.0 Å². The van der Waals surface area contributed by atoms with Crippen LogP contribution in [0.2, 0.25) is 0 Å². The number of halogens is 1. The highest BCUT2D eigenvalue weighted by atomic mass is 32.2. The van der Waals surface area contributed by atoms with E-state index in [0.29, 0.717) is 30.8 Å². The second-order valence-electron chi connectivity index (χ2n) is 9.76. The smallest absolute Gasteiger partial charge is 0.305 e. The summed E-state index contributed by atoms with van der Waals surface area (Å²) in [6, 6.07) is 5.76. The van der Waals surface area contributed by atoms with E-state index in [1.807, 2.05) is 0 Å². The number of unbranched alkanes of at least 4 members (excludes halogenated alkanes) is 5. The van der Waals surface area contributed by atoms with Crippen molar-refractivity contribution in [3.8, 4) is 5.75 Å². The van der Waals surface area contributed by atoms with Gasteiger partial charge in [-0.25, -0.2) is 4.39 Å². The summed E-state index contributed by atoms with van der Waals surface area (Å²) in [5.41, 5.74) is -1.08. The SMILES string of the molecule is CCCCCC(O)(COc1ccc(F)cc1)CS[C@H]1C(O)CC(O)[C@@H]1CCCCCCC(=O)OC. The highest BCUT2D eigenvalue weighted by molar-refractivity contribution is 8.00. The van der Waals surface area contributed by atoms with Crippen LogP contribution in [0.25, 0.3) is 0 Å². The lowest BCUT2D eigenvalue weighted by molar-refractivity contribution is -0.140. The summed E-state index contributed by atoms with van der Waals surface area (Å²) < 4.78 is 23.7. The molecule has 0 radical (unpaired) electrons. The van der Waals surface area contributed by atoms with E-state index in [2.05, 4.69) is 11.7 Å². The van der Waals surface area contributed by atoms with Crippen molar-refractivity contribution in [2.24, 2.45) is 5.92 Å². The largest absolute Gasteiger partial charge is 0.491 e. The maximum Gasteiger partial charge on any atom is 0.305 e. The van der Waals surface area contributed by atoms with Gasteiger partial charge in [0.05, 0.1) is 19.3 Å². The van der Waals surface area contributed by atoms with Gasteiger partial charge in [0.2, 0.25) is 0 Å². The van der Waals surface area contributed by atoms with Gasteiger partial charge in [0.15, 0.2) is 0 Å². The van der Waals surface area contributed by atoms with E-state index < -0.39 is 17.8 Å². The molecule has 1 aliphatic carbocycles. The molecule has 0 spiro atoms. The molecule has 2 rings (SSSR count). The van der Waals surface area contributed by atoms with Crippen LogP contribution in [-0.4, -0.2) is 63.8 Å². The number of hydrogen-bond acceptors (Lipinski definition) is 7. The maximum absolute atomic E-state index is 13.2. The van der Waals surface area contributed by atoms with Crippen molar-refractivity contribution in [3.05, 3.63) is 30.1 Å². The van der Waals surface area contributed by atoms with Gasteiger partial charge in [-0.3, -0.25) is 4.79 Å². The third-order valence-electron chi connectivity index (χ3n) is 6.79. The van der Waals surface area contributed by atoms with Gasteiger partial charge in [-0.1, -0.05) is 45.4 Å². The van der Waals surface area contributed by atoms with Crippen molar-refractivity contribution in [2.45, 2.75) is 101 Å². The minimum Gasteiger partial charge on any atom is -0.491 e. The van der Waals surface area contributed by atoms with Gasteiger partial charge < -0.3 is 24.8 Å². The lowest BCUT2D eigenvalue weighted by atomic mass is 9.97. The number of carbonyl (C=O) groups excluding carboxylic acids is 1. The minimum atomic E-state index is -1.08. The topological polar surface area (TPSA) is 96.2 Å². The minimum absolute atomic E-state index is 0.0338. The number of benzene rings is 1. The first kappa shape index (κ1) is 29.9. The van der Waals surface area contributed by atoms with Crippen LogP contribution in [0.3, 0.4) is 0 Å². The summed E-state index contributed by atoms with van der Waals surface area (Å²) in [4.78, 5) is 11.2. The van der Waals surface area contributed by atoms with E-state index in [1.54, 1.807) is 12.1 Å². The van der Waals surface area contributed by atoms with E-state index in [4.69, 9.17) is 4.74 Å². The van der Waals surface area contributed by atoms with E-state index in [-0.39, 0.29) is 29.6 Å². The standard InChI is InChI=1S/C27H43FO6S/c1-3-4-9-16-27(32,18-34-21-14-12-20(28)13-15-21)19-35-26-22(23(29)17-24(26)30)10-7-5-6-8-11-25(31)33-2/h12-15,22-24,26,29-30,32H,3-11,16-19H2,1-2H3/t22-,23?,24?,26+,27?/m0/s1. The molecular weight excluding hydrogens is 471 g/mol. The van der Waals surface area contributed by atoms with Gasteiger partial charge in [0.1, 0.15) is 23.8 Å². The number of hydrogen-bond donors (Lipinski definition) is 3. The molecule has 35 heavy (non-hydrogen) atoms. The fraction of sp³-hybridized carbons (Fsp3) is 0.741. The fourth-order valence-electron chi connectivity index (χ4n) is 4.65. The zero-order valence-electron chi connectivity index (χ0n) is 21.2. The van der Waals surface area contributed by atoms with Crippen LogP contribution < -0.4 is 4.74 Å². The molecule has 0 heterocycles. The molecule has 3 unspecified atom stereocenters. The first-order valence-corrected chi connectivity index (χ1v) is 14.0. The normalized spacial score (nSPS) is 23.7. The Morgan fingerprint density at radius 3 is 2.49 bits per heavy atom. The third-order valence-corrected chi connectivity index (χ3v) is 8.54. The number of methoxy groups -OCH3 is 1. The molecule has 0 aromatic heterocycles. The molecule has 5 atom stereocenters. The Labute approximate surface area is 213 Å². The maximum atomic E-state index is 13.2. The number of aliphatic hydroxyl groups excluding tert-OH is 2. The summed E-state index contributed by atoms with van der Waals surface area (Å²) in [6.07, 6.45) is 7.49. The Kier molecular flexibility index (Phi) is 13.4. The van der Waals surface area contributed by atoms with Crippen molar-refractivity contribution in [3.63, 3.8) is 0 Å². The predicted molar refractivity (Wildman–Crippen MR) is 137 cm³/mol. The Bertz CT molecular complexity index is 733. The number of rotatable bonds is 17. The molecular formula is C27H43FO6S. The second-order valence-corrected chi connectivity index (χ2v) is 10.9. The molecule has 1 saturated carbocycles. The Morgan fingerprint density at radius 2 is 1.80 bits per heavy atom. The van der Waals surface area contributed by atoms with Crippen LogP contribution in [0.1, 0.15) is 77.6 Å². The summed E-state index contributed by atoms with van der Waals surface area (Å²) in [5.74, 6) is 0.336. The van der Waals surface area contributed by atoms with Gasteiger partial charge in [0.25, 0.3) is 0 Å². The Balaban J connectivity index is 1.89. The van der Waals surface area contributed by atoms with Crippen LogP contribution in [0, 0.1) is 11.7 Å². The summed E-state index contributed by atoms with van der Waals surface area (Å²) in [5, 5.41) is 32.4. The average Bonchev–Trinajstić information content (AvgIpc) is 3.11. The lowest BCUT2D eigenvalue weighted by Crippen LogP contribution is -2.40. The number of ether oxygens (including phenoxy) is 2. The molecule has 8 heteroatoms. The second kappa shape index (κ2) is 15.7. The van der Waals surface area contributed by atoms with E-state index in [9.17, 15) is 24.5 Å². The fourth-order valence-corrected chi connectivity index (χ4v) is 6.28. The number of carbonyl (C=O) groups is 1. The molecule has 0 aliphatic heterocycles. The van der Waals surface area contributed by atoms with Gasteiger partial charge >= 0.3 is 5.97 Å². The number of esters is 1. The van der Waals surface area contributed by atoms with Gasteiger partial charge in [-0.2, -0.15) is 11.8 Å². The van der Waals surface area contributed by atoms with Crippen LogP contribution in [0.15, 0.2) is 24.3 Å². The van der Waals surface area contributed by atoms with Gasteiger partial charge in [0, 0.05) is 23.8 Å². The van der Waals surface area contributed by atoms with Crippen molar-refractivity contribution >= 4 is 17.7 Å². The predicted octanol–water partition coefficient (Wildman–Crippen LogP) is 4.87. The van der Waals surface area contributed by atoms with E-state index >= 15 is 0 Å². The first-order chi connectivity index (χ1) is 16.8. The molecule has 0 amide bonds. The highest BCUT2D eigenvalue weighted by Gasteiger charge is 2.43. The lowest BCUT2D eigenvalue weighted by Gasteiger charge is -2.31. The van der Waals surface area contributed by atoms with Crippen molar-refractivity contribution in [1.82, 2.24) is 0 Å². The third kappa shape index (κ3) is 10.7. The van der Waals surface area contributed by atoms with Gasteiger partial charge in [-0.15, -0.1) is 0 Å². The molecule has 1 fully saturated rings. The molecule has 1 aromatic carbocycles. The molecule has 0 bridgehead atoms. The highest BCUT2D eigenvalue weighted by Crippen LogP contribution is 2.40. The first-order valence-electron chi connectivity index (χ1n) is 12.9. The van der Waals surface area contributed by atoms with Crippen LogP contribution in [0.4, 0.5) is 4.39 Å². The monoisotopic (exact) mass is 514 g/mol. The molecule has 1 aliphatic rings. The Hall–Kier alpha value is -1.35. The quantitative estimate of drug-likeness (QED) is 0.202. The average molecular weight is 515 g/mol. The van der Waals surface area contributed by atoms with Crippen molar-refractivity contribution in [2.75, 3.05) is 19.5 Å². The summed E-state index contributed by atoms with van der Waals surface area (Å²) in [7, 11) is 1.40. The molecule has 0 saturated heterocycles. The molecule has 200 valence electrons. The van der Waals surface area contributed by atoms with Crippen molar-refractivity contribution in [1.29, 1.82) is 0 Å². The van der Waals surface area contributed by atoms with Crippen LogP contribution >= 0.6 is 11.8 Å². The zero-order chi connectivity index (χ0) is 25.7. The summed E-state index contributed by atoms with van der Waals surface area (Å²) in [6.45, 7) is 2.20. The number of aliphatic hydroxyl groups is 3. The number of thioether (sulfide) groups is 1. The Morgan fingerprint density at radius 1 is 1.09 bits per heavy atom.